The monoisotopic (exact) mass is 498 g/mol. The largest absolute Gasteiger partial charge is 0.383 e. The Morgan fingerprint density at radius 2 is 1.74 bits per heavy atom. The summed E-state index contributed by atoms with van der Waals surface area (Å²) in [6, 6.07) is 20.5. The molecule has 0 aliphatic heterocycles. The van der Waals surface area contributed by atoms with Crippen LogP contribution in [0.2, 0.25) is 0 Å². The summed E-state index contributed by atoms with van der Waals surface area (Å²) in [6.45, 7) is 11.4. The highest BCUT2D eigenvalue weighted by molar-refractivity contribution is 5.98. The van der Waals surface area contributed by atoms with E-state index in [1.807, 2.05) is 62.4 Å². The minimum atomic E-state index is -0.145. The minimum absolute atomic E-state index is 0.145. The van der Waals surface area contributed by atoms with Crippen molar-refractivity contribution in [3.05, 3.63) is 112 Å². The summed E-state index contributed by atoms with van der Waals surface area (Å²) in [5.74, 6) is 0.785. The van der Waals surface area contributed by atoms with Gasteiger partial charge in [-0.3, -0.25) is 9.36 Å². The smallest absolute Gasteiger partial charge is 0.266 e. The van der Waals surface area contributed by atoms with E-state index in [1.54, 1.807) is 27.4 Å². The highest BCUT2D eigenvalue weighted by Crippen LogP contribution is 2.32. The van der Waals surface area contributed by atoms with E-state index in [0.29, 0.717) is 39.1 Å². The fourth-order valence-electron chi connectivity index (χ4n) is 4.81. The molecule has 0 amide bonds. The molecule has 6 rings (SSSR count). The maximum atomic E-state index is 13.9. The zero-order valence-corrected chi connectivity index (χ0v) is 20.8. The first-order valence-electron chi connectivity index (χ1n) is 12.0. The summed E-state index contributed by atoms with van der Waals surface area (Å²) in [5.41, 5.74) is 11.6. The molecule has 6 aromatic rings. The molecule has 3 heterocycles. The Kier molecular flexibility index (Phi) is 5.43. The number of aromatic nitrogens is 6. The van der Waals surface area contributed by atoms with Gasteiger partial charge in [0.15, 0.2) is 11.3 Å². The standard InChI is InChI=1S/C29H22N8O/c1-17-8-4-5-13-22(17)37-23(34-21-12-6-9-18(2)24(21)29(37)38)15-36-28-25(27(30)32-16-33-28)26(35-36)19-10-7-11-20(14-19)31-3/h4-14,16H,15H2,1-2H3,(H2,30,32,33). The maximum absolute atomic E-state index is 13.9. The molecule has 9 heteroatoms. The fraction of sp³-hybridized carbons (Fsp3) is 0.103. The van der Waals surface area contributed by atoms with Crippen LogP contribution in [0.25, 0.3) is 43.7 Å². The third-order valence-corrected chi connectivity index (χ3v) is 6.63. The molecule has 0 saturated heterocycles. The Hall–Kier alpha value is -5.36. The Bertz CT molecular complexity index is 1980. The van der Waals surface area contributed by atoms with Gasteiger partial charge in [0.25, 0.3) is 5.56 Å². The molecule has 3 aromatic heterocycles. The molecule has 38 heavy (non-hydrogen) atoms. The number of hydrogen-bond donors (Lipinski definition) is 1. The van der Waals surface area contributed by atoms with Crippen molar-refractivity contribution >= 4 is 33.4 Å². The van der Waals surface area contributed by atoms with Crippen LogP contribution in [0.3, 0.4) is 0 Å². The van der Waals surface area contributed by atoms with Crippen molar-refractivity contribution < 1.29 is 0 Å². The number of nitrogens with zero attached hydrogens (tertiary/aromatic N) is 7. The molecular formula is C29H22N8O. The first-order valence-corrected chi connectivity index (χ1v) is 12.0. The van der Waals surface area contributed by atoms with Gasteiger partial charge in [-0.2, -0.15) is 5.10 Å². The molecule has 0 radical (unpaired) electrons. The van der Waals surface area contributed by atoms with Gasteiger partial charge in [0.05, 0.1) is 28.5 Å². The fourth-order valence-corrected chi connectivity index (χ4v) is 4.81. The number of nitrogens with two attached hydrogens (primary N) is 1. The van der Waals surface area contributed by atoms with Crippen LogP contribution in [0, 0.1) is 20.4 Å². The highest BCUT2D eigenvalue weighted by atomic mass is 16.1. The molecule has 0 unspecified atom stereocenters. The van der Waals surface area contributed by atoms with E-state index in [-0.39, 0.29) is 17.9 Å². The van der Waals surface area contributed by atoms with E-state index in [4.69, 9.17) is 22.4 Å². The predicted octanol–water partition coefficient (Wildman–Crippen LogP) is 4.99. The van der Waals surface area contributed by atoms with E-state index in [2.05, 4.69) is 14.8 Å². The first-order chi connectivity index (χ1) is 18.5. The number of hydrogen-bond acceptors (Lipinski definition) is 6. The lowest BCUT2D eigenvalue weighted by molar-refractivity contribution is 0.650. The average Bonchev–Trinajstić information content (AvgIpc) is 3.29. The van der Waals surface area contributed by atoms with Crippen LogP contribution in [-0.4, -0.2) is 29.3 Å². The molecule has 0 saturated carbocycles. The number of rotatable bonds is 4. The average molecular weight is 499 g/mol. The van der Waals surface area contributed by atoms with Gasteiger partial charge in [0.1, 0.15) is 30.2 Å². The number of aryl methyl sites for hydroxylation is 2. The molecule has 3 aromatic carbocycles. The maximum Gasteiger partial charge on any atom is 0.266 e. The summed E-state index contributed by atoms with van der Waals surface area (Å²) in [4.78, 5) is 31.1. The summed E-state index contributed by atoms with van der Waals surface area (Å²) >= 11 is 0. The van der Waals surface area contributed by atoms with E-state index >= 15 is 0 Å². The Morgan fingerprint density at radius 1 is 0.947 bits per heavy atom. The third-order valence-electron chi connectivity index (χ3n) is 6.63. The van der Waals surface area contributed by atoms with Gasteiger partial charge in [0.2, 0.25) is 0 Å². The van der Waals surface area contributed by atoms with Gasteiger partial charge in [-0.25, -0.2) is 24.5 Å². The number of nitrogen functional groups attached to an aromatic ring is 1. The molecule has 0 aliphatic carbocycles. The van der Waals surface area contributed by atoms with Crippen LogP contribution in [-0.2, 0) is 6.54 Å². The normalized spacial score (nSPS) is 11.2. The Morgan fingerprint density at radius 3 is 2.55 bits per heavy atom. The lowest BCUT2D eigenvalue weighted by atomic mass is 10.1. The zero-order valence-electron chi connectivity index (χ0n) is 20.8. The second-order valence-electron chi connectivity index (χ2n) is 9.05. The Balaban J connectivity index is 1.62. The summed E-state index contributed by atoms with van der Waals surface area (Å²) in [7, 11) is 0. The summed E-state index contributed by atoms with van der Waals surface area (Å²) < 4.78 is 3.34. The lowest BCUT2D eigenvalue weighted by Gasteiger charge is -2.16. The van der Waals surface area contributed by atoms with Crippen molar-refractivity contribution in [1.29, 1.82) is 0 Å². The first kappa shape index (κ1) is 23.1. The van der Waals surface area contributed by atoms with Crippen LogP contribution in [0.1, 0.15) is 17.0 Å². The van der Waals surface area contributed by atoms with Crippen molar-refractivity contribution in [1.82, 2.24) is 29.3 Å². The number of fused-ring (bicyclic) bond motifs is 2. The van der Waals surface area contributed by atoms with Gasteiger partial charge in [-0.1, -0.05) is 48.5 Å². The minimum Gasteiger partial charge on any atom is -0.383 e. The molecule has 2 N–H and O–H groups in total. The molecule has 0 aliphatic rings. The third kappa shape index (κ3) is 3.67. The topological polar surface area (TPSA) is 109 Å². The van der Waals surface area contributed by atoms with Gasteiger partial charge in [-0.15, -0.1) is 0 Å². The molecule has 0 atom stereocenters. The number of benzene rings is 3. The van der Waals surface area contributed by atoms with Gasteiger partial charge in [-0.05, 0) is 48.7 Å². The summed E-state index contributed by atoms with van der Waals surface area (Å²) in [5, 5.41) is 6.01. The van der Waals surface area contributed by atoms with Crippen LogP contribution in [0.4, 0.5) is 11.5 Å². The van der Waals surface area contributed by atoms with Crippen molar-refractivity contribution in [2.24, 2.45) is 0 Å². The van der Waals surface area contributed by atoms with E-state index in [9.17, 15) is 4.79 Å². The van der Waals surface area contributed by atoms with E-state index < -0.39 is 0 Å². The van der Waals surface area contributed by atoms with Crippen LogP contribution >= 0.6 is 0 Å². The SMILES string of the molecule is [C-]#[N+]c1cccc(-c2nn(Cc3nc4cccc(C)c4c(=O)n3-c3ccccc3C)c3ncnc(N)c23)c1. The highest BCUT2D eigenvalue weighted by Gasteiger charge is 2.21. The van der Waals surface area contributed by atoms with Crippen molar-refractivity contribution in [3.63, 3.8) is 0 Å². The van der Waals surface area contributed by atoms with Crippen LogP contribution in [0.15, 0.2) is 77.9 Å². The molecule has 184 valence electrons. The summed E-state index contributed by atoms with van der Waals surface area (Å²) in [6.07, 6.45) is 1.39. The van der Waals surface area contributed by atoms with Gasteiger partial charge < -0.3 is 5.73 Å². The van der Waals surface area contributed by atoms with Crippen molar-refractivity contribution in [3.8, 4) is 16.9 Å². The van der Waals surface area contributed by atoms with Crippen molar-refractivity contribution in [2.45, 2.75) is 20.4 Å². The van der Waals surface area contributed by atoms with Crippen molar-refractivity contribution in [2.75, 3.05) is 5.73 Å². The van der Waals surface area contributed by atoms with Crippen LogP contribution < -0.4 is 11.3 Å². The van der Waals surface area contributed by atoms with Gasteiger partial charge in [0, 0.05) is 0 Å². The molecule has 0 spiro atoms. The van der Waals surface area contributed by atoms with Gasteiger partial charge >= 0.3 is 0 Å². The second-order valence-corrected chi connectivity index (χ2v) is 9.05. The molecule has 9 nitrogen and oxygen atoms in total. The van der Waals surface area contributed by atoms with Crippen LogP contribution in [0.5, 0.6) is 0 Å². The predicted molar refractivity (Wildman–Crippen MR) is 147 cm³/mol. The molecule has 0 fully saturated rings. The second kappa shape index (κ2) is 8.94. The van der Waals surface area contributed by atoms with E-state index in [1.165, 1.54) is 6.33 Å². The lowest BCUT2D eigenvalue weighted by Crippen LogP contribution is -2.26. The number of para-hydroxylation sites is 1. The molecular weight excluding hydrogens is 476 g/mol. The number of anilines is 1. The molecule has 0 bridgehead atoms. The zero-order chi connectivity index (χ0) is 26.4. The van der Waals surface area contributed by atoms with E-state index in [0.717, 1.165) is 22.4 Å². The quantitative estimate of drug-likeness (QED) is 0.343. The Labute approximate surface area is 217 Å².